The van der Waals surface area contributed by atoms with Gasteiger partial charge in [0.2, 0.25) is 5.91 Å². The second kappa shape index (κ2) is 6.54. The Labute approximate surface area is 180 Å². The third-order valence-corrected chi connectivity index (χ3v) is 6.48. The van der Waals surface area contributed by atoms with Crippen LogP contribution in [0.2, 0.25) is 0 Å². The molecule has 7 heteroatoms. The fourth-order valence-electron chi connectivity index (χ4n) is 4.92. The normalized spacial score (nSPS) is 21.0. The van der Waals surface area contributed by atoms with E-state index in [0.29, 0.717) is 23.9 Å². The van der Waals surface area contributed by atoms with Gasteiger partial charge in [0, 0.05) is 29.1 Å². The Hall–Kier alpha value is -3.92. The summed E-state index contributed by atoms with van der Waals surface area (Å²) in [6.07, 6.45) is 2.60. The van der Waals surface area contributed by atoms with Crippen LogP contribution in [0.4, 0.5) is 5.69 Å². The number of aryl methyl sites for hydroxylation is 1. The van der Waals surface area contributed by atoms with Crippen molar-refractivity contribution in [2.75, 3.05) is 26.1 Å². The maximum absolute atomic E-state index is 13.4. The van der Waals surface area contributed by atoms with Gasteiger partial charge in [0.25, 0.3) is 0 Å². The Bertz CT molecular complexity index is 1250. The minimum atomic E-state index is -1.27. The Balaban J connectivity index is 1.82. The summed E-state index contributed by atoms with van der Waals surface area (Å²) in [5.74, 6) is 1.29. The quantitative estimate of drug-likeness (QED) is 0.784. The maximum atomic E-state index is 13.4. The first-order valence-corrected chi connectivity index (χ1v) is 10.0. The number of nitrogens with two attached hydrogens (primary N) is 1. The molecule has 0 aromatic heterocycles. The Morgan fingerprint density at radius 2 is 1.97 bits per heavy atom. The number of carbonyl (C=O) groups is 1. The first-order valence-electron chi connectivity index (χ1n) is 10.0. The summed E-state index contributed by atoms with van der Waals surface area (Å²) < 4.78 is 11.0. The molecule has 0 radical (unpaired) electrons. The topological polar surface area (TPSA) is 101 Å². The smallest absolute Gasteiger partial charge is 0.244 e. The van der Waals surface area contributed by atoms with E-state index in [0.717, 1.165) is 40.1 Å². The lowest BCUT2D eigenvalue weighted by atomic mass is 9.71. The number of methoxy groups -OCH3 is 2. The van der Waals surface area contributed by atoms with Crippen molar-refractivity contribution in [3.05, 3.63) is 70.1 Å². The Morgan fingerprint density at radius 3 is 2.68 bits per heavy atom. The van der Waals surface area contributed by atoms with Crippen LogP contribution in [0.1, 0.15) is 22.3 Å². The van der Waals surface area contributed by atoms with Crippen molar-refractivity contribution >= 4 is 17.3 Å². The monoisotopic (exact) mass is 414 g/mol. The SMILES string of the molecule is COc1cc2c(cc1OC)C1=C[C@]3(C(=O)Nc4c(C)cccc43)C(C#N)=C(N)N1CC2. The highest BCUT2D eigenvalue weighted by Gasteiger charge is 2.53. The third-order valence-electron chi connectivity index (χ3n) is 6.48. The molecular weight excluding hydrogens is 392 g/mol. The first kappa shape index (κ1) is 19.1. The summed E-state index contributed by atoms with van der Waals surface area (Å²) in [6, 6.07) is 11.8. The summed E-state index contributed by atoms with van der Waals surface area (Å²) in [7, 11) is 3.20. The first-order chi connectivity index (χ1) is 15.0. The number of ether oxygens (including phenoxy) is 2. The number of anilines is 1. The highest BCUT2D eigenvalue weighted by molar-refractivity contribution is 6.13. The van der Waals surface area contributed by atoms with Crippen LogP contribution in [-0.4, -0.2) is 31.6 Å². The lowest BCUT2D eigenvalue weighted by Crippen LogP contribution is -2.45. The van der Waals surface area contributed by atoms with Gasteiger partial charge in [-0.05, 0) is 42.7 Å². The molecule has 0 aliphatic carbocycles. The third kappa shape index (κ3) is 2.36. The van der Waals surface area contributed by atoms with E-state index < -0.39 is 5.41 Å². The molecule has 3 aliphatic rings. The maximum Gasteiger partial charge on any atom is 0.244 e. The minimum absolute atomic E-state index is 0.252. The van der Waals surface area contributed by atoms with Gasteiger partial charge < -0.3 is 25.4 Å². The molecule has 1 spiro atoms. The number of carbonyl (C=O) groups excluding carboxylic acids is 1. The zero-order valence-electron chi connectivity index (χ0n) is 17.6. The van der Waals surface area contributed by atoms with Crippen LogP contribution in [0.25, 0.3) is 5.70 Å². The van der Waals surface area contributed by atoms with Crippen LogP contribution in [-0.2, 0) is 16.6 Å². The molecule has 3 N–H and O–H groups in total. The van der Waals surface area contributed by atoms with Crippen LogP contribution >= 0.6 is 0 Å². The lowest BCUT2D eigenvalue weighted by molar-refractivity contribution is -0.118. The van der Waals surface area contributed by atoms with Gasteiger partial charge in [0.15, 0.2) is 11.5 Å². The summed E-state index contributed by atoms with van der Waals surface area (Å²) in [4.78, 5) is 15.3. The van der Waals surface area contributed by atoms with Gasteiger partial charge in [-0.2, -0.15) is 5.26 Å². The van der Waals surface area contributed by atoms with Gasteiger partial charge in [-0.25, -0.2) is 0 Å². The number of benzene rings is 2. The predicted molar refractivity (Wildman–Crippen MR) is 116 cm³/mol. The zero-order valence-corrected chi connectivity index (χ0v) is 17.6. The number of hydrogen-bond donors (Lipinski definition) is 2. The van der Waals surface area contributed by atoms with Gasteiger partial charge in [-0.1, -0.05) is 18.2 Å². The molecule has 156 valence electrons. The van der Waals surface area contributed by atoms with Crippen LogP contribution in [0.3, 0.4) is 0 Å². The van der Waals surface area contributed by atoms with E-state index in [2.05, 4.69) is 11.4 Å². The molecule has 0 saturated heterocycles. The van der Waals surface area contributed by atoms with E-state index in [4.69, 9.17) is 15.2 Å². The molecule has 7 nitrogen and oxygen atoms in total. The molecular formula is C24H22N4O3. The second-order valence-electron chi connectivity index (χ2n) is 7.93. The van der Waals surface area contributed by atoms with Gasteiger partial charge >= 0.3 is 0 Å². The number of para-hydroxylation sites is 1. The number of nitriles is 1. The molecule has 0 bridgehead atoms. The van der Waals surface area contributed by atoms with E-state index in [1.807, 2.05) is 48.2 Å². The molecule has 3 aliphatic heterocycles. The number of amides is 1. The summed E-state index contributed by atoms with van der Waals surface area (Å²) >= 11 is 0. The summed E-state index contributed by atoms with van der Waals surface area (Å²) in [5, 5.41) is 13.1. The summed E-state index contributed by atoms with van der Waals surface area (Å²) in [6.45, 7) is 2.54. The van der Waals surface area contributed by atoms with Crippen LogP contribution < -0.4 is 20.5 Å². The van der Waals surface area contributed by atoms with E-state index in [9.17, 15) is 10.1 Å². The standard InChI is InChI=1S/C24H22N4O3/c1-13-5-4-6-16-21(13)27-23(29)24(16)11-18-15-10-20(31-3)19(30-2)9-14(15)7-8-28(18)22(26)17(24)12-25/h4-6,9-11H,7-8,26H2,1-3H3,(H,27,29)/t24-/m1/s1. The number of hydrogen-bond acceptors (Lipinski definition) is 6. The minimum Gasteiger partial charge on any atom is -0.493 e. The molecule has 0 unspecified atom stereocenters. The molecule has 0 saturated carbocycles. The highest BCUT2D eigenvalue weighted by atomic mass is 16.5. The number of nitrogens with one attached hydrogen (secondary N) is 1. The van der Waals surface area contributed by atoms with Gasteiger partial charge in [0.1, 0.15) is 17.3 Å². The van der Waals surface area contributed by atoms with Crippen molar-refractivity contribution in [2.24, 2.45) is 5.73 Å². The van der Waals surface area contributed by atoms with Crippen molar-refractivity contribution in [3.63, 3.8) is 0 Å². The molecule has 2 aromatic rings. The molecule has 3 heterocycles. The molecule has 1 atom stereocenters. The highest BCUT2D eigenvalue weighted by Crippen LogP contribution is 2.51. The summed E-state index contributed by atoms with van der Waals surface area (Å²) in [5.41, 5.74) is 10.7. The lowest BCUT2D eigenvalue weighted by Gasteiger charge is -2.41. The predicted octanol–water partition coefficient (Wildman–Crippen LogP) is 2.81. The molecule has 1 amide bonds. The second-order valence-corrected chi connectivity index (χ2v) is 7.93. The van der Waals surface area contributed by atoms with Crippen molar-refractivity contribution in [2.45, 2.75) is 18.8 Å². The fraction of sp³-hybridized carbons (Fsp3) is 0.250. The van der Waals surface area contributed by atoms with Crippen LogP contribution in [0.15, 0.2) is 47.8 Å². The molecule has 2 aromatic carbocycles. The van der Waals surface area contributed by atoms with E-state index in [1.54, 1.807) is 14.2 Å². The largest absolute Gasteiger partial charge is 0.493 e. The number of nitrogens with zero attached hydrogens (tertiary/aromatic N) is 2. The Kier molecular flexibility index (Phi) is 4.02. The van der Waals surface area contributed by atoms with E-state index in [1.165, 1.54) is 0 Å². The van der Waals surface area contributed by atoms with Gasteiger partial charge in [-0.15, -0.1) is 0 Å². The van der Waals surface area contributed by atoms with E-state index in [-0.39, 0.29) is 11.5 Å². The molecule has 0 fully saturated rings. The fourth-order valence-corrected chi connectivity index (χ4v) is 4.92. The number of rotatable bonds is 2. The van der Waals surface area contributed by atoms with Crippen molar-refractivity contribution < 1.29 is 14.3 Å². The number of fused-ring (bicyclic) bond motifs is 5. The van der Waals surface area contributed by atoms with Crippen molar-refractivity contribution in [3.8, 4) is 17.6 Å². The zero-order chi connectivity index (χ0) is 21.9. The molecule has 5 rings (SSSR count). The van der Waals surface area contributed by atoms with Gasteiger partial charge in [-0.3, -0.25) is 4.79 Å². The van der Waals surface area contributed by atoms with Crippen LogP contribution in [0, 0.1) is 18.3 Å². The van der Waals surface area contributed by atoms with Crippen molar-refractivity contribution in [1.82, 2.24) is 4.90 Å². The van der Waals surface area contributed by atoms with E-state index >= 15 is 0 Å². The average molecular weight is 414 g/mol. The average Bonchev–Trinajstić information content (AvgIpc) is 3.06. The molecule has 31 heavy (non-hydrogen) atoms. The van der Waals surface area contributed by atoms with Crippen molar-refractivity contribution in [1.29, 1.82) is 5.26 Å². The van der Waals surface area contributed by atoms with Crippen LogP contribution in [0.5, 0.6) is 11.5 Å². The Morgan fingerprint density at radius 1 is 1.23 bits per heavy atom. The van der Waals surface area contributed by atoms with Gasteiger partial charge in [0.05, 0.1) is 19.8 Å².